The van der Waals surface area contributed by atoms with E-state index in [1.807, 2.05) is 41.5 Å². The molecule has 0 fully saturated rings. The summed E-state index contributed by atoms with van der Waals surface area (Å²) >= 11 is 0. The molecule has 0 amide bonds. The molecule has 118 valence electrons. The van der Waals surface area contributed by atoms with Crippen molar-refractivity contribution in [1.29, 1.82) is 0 Å². The zero-order valence-electron chi connectivity index (χ0n) is 13.6. The van der Waals surface area contributed by atoms with Crippen LogP contribution in [0.1, 0.15) is 67.2 Å². The molecule has 0 saturated carbocycles. The highest BCUT2D eigenvalue weighted by atomic mass is 16.6. The van der Waals surface area contributed by atoms with Crippen LogP contribution < -0.4 is 5.73 Å². The van der Waals surface area contributed by atoms with Gasteiger partial charge in [0.25, 0.3) is 0 Å². The van der Waals surface area contributed by atoms with E-state index >= 15 is 0 Å². The van der Waals surface area contributed by atoms with Crippen LogP contribution in [0.15, 0.2) is 0 Å². The van der Waals surface area contributed by atoms with Crippen LogP contribution >= 0.6 is 0 Å². The van der Waals surface area contributed by atoms with Crippen molar-refractivity contribution in [2.24, 2.45) is 5.73 Å². The molecule has 0 rings (SSSR count). The lowest BCUT2D eigenvalue weighted by Crippen LogP contribution is -2.39. The lowest BCUT2D eigenvalue weighted by atomic mass is 10.1. The molecule has 0 aliphatic carbocycles. The fourth-order valence-electron chi connectivity index (χ4n) is 1.24. The van der Waals surface area contributed by atoms with Gasteiger partial charge in [-0.15, -0.1) is 0 Å². The number of rotatable bonds is 8. The predicted molar refractivity (Wildman–Crippen MR) is 78.1 cm³/mol. The second-order valence-electron chi connectivity index (χ2n) is 6.27. The van der Waals surface area contributed by atoms with Crippen LogP contribution in [0.25, 0.3) is 0 Å². The monoisotopic (exact) mass is 287 g/mol. The normalized spacial score (nSPS) is 13.8. The first-order valence-electron chi connectivity index (χ1n) is 7.23. The molecule has 0 unspecified atom stereocenters. The third-order valence-corrected chi connectivity index (χ3v) is 3.43. The third-order valence-electron chi connectivity index (χ3n) is 3.43. The summed E-state index contributed by atoms with van der Waals surface area (Å²) in [7, 11) is 0. The van der Waals surface area contributed by atoms with Gasteiger partial charge in [-0.2, -0.15) is 0 Å². The highest BCUT2D eigenvalue weighted by Gasteiger charge is 2.26. The number of carbonyl (C=O) groups excluding carboxylic acids is 2. The second-order valence-corrected chi connectivity index (χ2v) is 6.27. The first kappa shape index (κ1) is 18.9. The molecule has 0 aromatic carbocycles. The molecule has 0 bridgehead atoms. The molecule has 5 nitrogen and oxygen atoms in total. The molecule has 2 N–H and O–H groups in total. The summed E-state index contributed by atoms with van der Waals surface area (Å²) in [6.45, 7) is 11.2. The average Bonchev–Trinajstić information content (AvgIpc) is 2.34. The maximum absolute atomic E-state index is 11.8. The van der Waals surface area contributed by atoms with E-state index < -0.39 is 23.2 Å². The van der Waals surface area contributed by atoms with Gasteiger partial charge in [-0.05, 0) is 47.0 Å². The number of nitrogens with two attached hydrogens (primary N) is 1. The Morgan fingerprint density at radius 3 is 1.90 bits per heavy atom. The van der Waals surface area contributed by atoms with Gasteiger partial charge in [0, 0.05) is 6.42 Å². The van der Waals surface area contributed by atoms with E-state index in [0.29, 0.717) is 6.42 Å². The van der Waals surface area contributed by atoms with Crippen molar-refractivity contribution in [3.8, 4) is 0 Å². The fourth-order valence-corrected chi connectivity index (χ4v) is 1.24. The highest BCUT2D eigenvalue weighted by Crippen LogP contribution is 2.17. The van der Waals surface area contributed by atoms with Crippen molar-refractivity contribution in [1.82, 2.24) is 0 Å². The minimum atomic E-state index is -0.793. The van der Waals surface area contributed by atoms with Gasteiger partial charge < -0.3 is 15.2 Å². The van der Waals surface area contributed by atoms with E-state index in [-0.39, 0.29) is 18.8 Å². The van der Waals surface area contributed by atoms with Gasteiger partial charge >= 0.3 is 11.9 Å². The molecule has 0 radical (unpaired) electrons. The van der Waals surface area contributed by atoms with Gasteiger partial charge in [-0.25, -0.2) is 0 Å². The Balaban J connectivity index is 4.19. The molecule has 0 saturated heterocycles. The number of esters is 2. The molecule has 0 spiro atoms. The predicted octanol–water partition coefficient (Wildman–Crippen LogP) is 2.56. The Hall–Kier alpha value is -1.10. The number of hydrogen-bond acceptors (Lipinski definition) is 5. The summed E-state index contributed by atoms with van der Waals surface area (Å²) in [5.74, 6) is -0.811. The van der Waals surface area contributed by atoms with Gasteiger partial charge in [-0.3, -0.25) is 9.59 Å². The second kappa shape index (κ2) is 7.62. The lowest BCUT2D eigenvalue weighted by Gasteiger charge is -2.26. The van der Waals surface area contributed by atoms with E-state index in [0.717, 1.165) is 6.42 Å². The molecule has 0 aliphatic heterocycles. The molecule has 1 atom stereocenters. The summed E-state index contributed by atoms with van der Waals surface area (Å²) in [5.41, 5.74) is 4.73. The molecular formula is C15H29NO4. The highest BCUT2D eigenvalue weighted by molar-refractivity contribution is 5.77. The van der Waals surface area contributed by atoms with E-state index in [2.05, 4.69) is 0 Å². The Morgan fingerprint density at radius 1 is 1.00 bits per heavy atom. The van der Waals surface area contributed by atoms with Crippen molar-refractivity contribution < 1.29 is 19.1 Å². The van der Waals surface area contributed by atoms with Crippen LogP contribution in [0.4, 0.5) is 0 Å². The van der Waals surface area contributed by atoms with E-state index in [1.165, 1.54) is 0 Å². The van der Waals surface area contributed by atoms with Gasteiger partial charge in [0.2, 0.25) is 0 Å². The minimum Gasteiger partial charge on any atom is -0.460 e. The van der Waals surface area contributed by atoms with E-state index in [9.17, 15) is 9.59 Å². The summed E-state index contributed by atoms with van der Waals surface area (Å²) in [4.78, 5) is 23.4. The van der Waals surface area contributed by atoms with Crippen LogP contribution in [0.2, 0.25) is 0 Å². The average molecular weight is 287 g/mol. The number of hydrogen-bond donors (Lipinski definition) is 1. The maximum Gasteiger partial charge on any atom is 0.323 e. The molecular weight excluding hydrogens is 258 g/mol. The zero-order valence-corrected chi connectivity index (χ0v) is 13.6. The van der Waals surface area contributed by atoms with E-state index in [4.69, 9.17) is 15.2 Å². The SMILES string of the molecule is CCC(C)(C)OC(=O)CC[C@H](N)C(=O)OC(C)(C)CC. The molecule has 0 heterocycles. The molecule has 0 aromatic rings. The first-order chi connectivity index (χ1) is 9.03. The van der Waals surface area contributed by atoms with Crippen molar-refractivity contribution in [2.45, 2.75) is 84.5 Å². The van der Waals surface area contributed by atoms with Crippen molar-refractivity contribution in [2.75, 3.05) is 0 Å². The van der Waals surface area contributed by atoms with Gasteiger partial charge in [-0.1, -0.05) is 13.8 Å². The molecule has 0 aliphatic rings. The van der Waals surface area contributed by atoms with Crippen LogP contribution in [0, 0.1) is 0 Å². The van der Waals surface area contributed by atoms with Crippen LogP contribution in [0.3, 0.4) is 0 Å². The largest absolute Gasteiger partial charge is 0.460 e. The Labute approximate surface area is 122 Å². The molecule has 20 heavy (non-hydrogen) atoms. The van der Waals surface area contributed by atoms with Crippen LogP contribution in [0.5, 0.6) is 0 Å². The summed E-state index contributed by atoms with van der Waals surface area (Å²) in [6.07, 6.45) is 1.79. The molecule has 0 aromatic heterocycles. The van der Waals surface area contributed by atoms with Gasteiger partial charge in [0.1, 0.15) is 17.2 Å². The van der Waals surface area contributed by atoms with Crippen LogP contribution in [-0.4, -0.2) is 29.2 Å². The topological polar surface area (TPSA) is 78.6 Å². The van der Waals surface area contributed by atoms with Crippen LogP contribution in [-0.2, 0) is 19.1 Å². The standard InChI is InChI=1S/C15H29NO4/c1-7-14(3,4)19-12(17)10-9-11(16)13(18)20-15(5,6)8-2/h11H,7-10,16H2,1-6H3/t11-/m0/s1. The fraction of sp³-hybridized carbons (Fsp3) is 0.867. The quantitative estimate of drug-likeness (QED) is 0.694. The zero-order chi connectivity index (χ0) is 16.0. The van der Waals surface area contributed by atoms with Gasteiger partial charge in [0.15, 0.2) is 0 Å². The van der Waals surface area contributed by atoms with Crippen molar-refractivity contribution in [3.05, 3.63) is 0 Å². The van der Waals surface area contributed by atoms with Crippen molar-refractivity contribution >= 4 is 11.9 Å². The smallest absolute Gasteiger partial charge is 0.323 e. The lowest BCUT2D eigenvalue weighted by molar-refractivity contribution is -0.159. The summed E-state index contributed by atoms with van der Waals surface area (Å²) < 4.78 is 10.6. The Kier molecular flexibility index (Phi) is 7.20. The first-order valence-corrected chi connectivity index (χ1v) is 7.23. The maximum atomic E-state index is 11.8. The van der Waals surface area contributed by atoms with Gasteiger partial charge in [0.05, 0.1) is 0 Å². The van der Waals surface area contributed by atoms with Crippen molar-refractivity contribution in [3.63, 3.8) is 0 Å². The van der Waals surface area contributed by atoms with E-state index in [1.54, 1.807) is 0 Å². The third kappa shape index (κ3) is 7.48. The summed E-state index contributed by atoms with van der Waals surface area (Å²) in [5, 5.41) is 0. The number of carbonyl (C=O) groups is 2. The Morgan fingerprint density at radius 2 is 1.45 bits per heavy atom. The summed E-state index contributed by atoms with van der Waals surface area (Å²) in [6, 6.07) is -0.793. The number of ether oxygens (including phenoxy) is 2. The minimum absolute atomic E-state index is 0.117. The Bertz CT molecular complexity index is 337. The molecule has 5 heteroatoms.